The van der Waals surface area contributed by atoms with Crippen LogP contribution in [0.2, 0.25) is 0 Å². The average molecular weight is 456 g/mol. The topological polar surface area (TPSA) is 63.7 Å². The summed E-state index contributed by atoms with van der Waals surface area (Å²) in [6, 6.07) is 10.7. The first-order valence-corrected chi connectivity index (χ1v) is 13.2. The van der Waals surface area contributed by atoms with Crippen molar-refractivity contribution in [3.05, 3.63) is 35.9 Å². The van der Waals surface area contributed by atoms with Crippen LogP contribution in [0.4, 0.5) is 0 Å². The Bertz CT molecular complexity index is 695. The van der Waals surface area contributed by atoms with Crippen molar-refractivity contribution in [2.75, 3.05) is 38.8 Å². The summed E-state index contributed by atoms with van der Waals surface area (Å²) in [5.41, 5.74) is 1.43. The minimum absolute atomic E-state index is 0. The number of carbonyl (C=O) groups is 1. The van der Waals surface area contributed by atoms with Gasteiger partial charge in [-0.1, -0.05) is 58.5 Å². The molecular formula is C25H45NO4S. The first-order valence-electron chi connectivity index (χ1n) is 11.1. The van der Waals surface area contributed by atoms with Crippen molar-refractivity contribution in [3.8, 4) is 0 Å². The molecule has 1 atom stereocenters. The lowest BCUT2D eigenvalue weighted by atomic mass is 9.90. The van der Waals surface area contributed by atoms with Crippen LogP contribution in [0.25, 0.3) is 0 Å². The zero-order valence-electron chi connectivity index (χ0n) is 19.5. The molecule has 31 heavy (non-hydrogen) atoms. The largest absolute Gasteiger partial charge is 0.469 e. The fourth-order valence-corrected chi connectivity index (χ4v) is 4.57. The second kappa shape index (κ2) is 15.4. The standard InChI is InChI=1S/C16H25NO2S.C8H16O2.CH4/c1-20(18,19)13-5-10-17-11-8-16(9-12-17)14-15-6-3-2-4-7-15;1-6(2)5-7(3)8(9)10-4;/h2-4,6-7,16H,5,8-14H2,1H3;6-7H,5H2,1-4H3;1H4/t;7-;/m.0./s1. The molecule has 0 unspecified atom stereocenters. The number of hydrogen-bond acceptors (Lipinski definition) is 5. The van der Waals surface area contributed by atoms with Crippen molar-refractivity contribution in [1.82, 2.24) is 4.90 Å². The SMILES string of the molecule is C.COC(=O)[C@@H](C)CC(C)C.CS(=O)(=O)CCCN1CCC(Cc2ccccc2)CC1. The second-order valence-electron chi connectivity index (χ2n) is 9.01. The molecule has 0 aliphatic carbocycles. The first kappa shape index (κ1) is 29.6. The molecule has 180 valence electrons. The summed E-state index contributed by atoms with van der Waals surface area (Å²) in [5, 5.41) is 0. The Morgan fingerprint density at radius 2 is 1.71 bits per heavy atom. The van der Waals surface area contributed by atoms with E-state index in [0.29, 0.717) is 11.7 Å². The van der Waals surface area contributed by atoms with Crippen molar-refractivity contribution in [3.63, 3.8) is 0 Å². The molecular weight excluding hydrogens is 410 g/mol. The molecule has 0 amide bonds. The van der Waals surface area contributed by atoms with Gasteiger partial charge in [0, 0.05) is 6.26 Å². The zero-order valence-corrected chi connectivity index (χ0v) is 20.3. The van der Waals surface area contributed by atoms with Crippen LogP contribution in [0, 0.1) is 17.8 Å². The van der Waals surface area contributed by atoms with Crippen LogP contribution < -0.4 is 0 Å². The first-order chi connectivity index (χ1) is 14.1. The number of esters is 1. The molecule has 1 heterocycles. The highest BCUT2D eigenvalue weighted by Gasteiger charge is 2.19. The normalized spacial score (nSPS) is 16.1. The van der Waals surface area contributed by atoms with Gasteiger partial charge < -0.3 is 9.64 Å². The Balaban J connectivity index is 0.000000701. The lowest BCUT2D eigenvalue weighted by molar-refractivity contribution is -0.145. The summed E-state index contributed by atoms with van der Waals surface area (Å²) in [4.78, 5) is 13.2. The van der Waals surface area contributed by atoms with E-state index in [1.54, 1.807) is 0 Å². The van der Waals surface area contributed by atoms with Crippen molar-refractivity contribution < 1.29 is 17.9 Å². The van der Waals surface area contributed by atoms with E-state index < -0.39 is 9.84 Å². The van der Waals surface area contributed by atoms with Gasteiger partial charge in [0.05, 0.1) is 18.8 Å². The zero-order chi connectivity index (χ0) is 22.6. The fourth-order valence-electron chi connectivity index (χ4n) is 3.92. The van der Waals surface area contributed by atoms with Crippen LogP contribution in [0.1, 0.15) is 59.4 Å². The number of sulfone groups is 1. The highest BCUT2D eigenvalue weighted by Crippen LogP contribution is 2.21. The van der Waals surface area contributed by atoms with Crippen LogP contribution >= 0.6 is 0 Å². The predicted molar refractivity (Wildman–Crippen MR) is 131 cm³/mol. The third-order valence-corrected chi connectivity index (χ3v) is 6.52. The van der Waals surface area contributed by atoms with Crippen molar-refractivity contribution in [1.29, 1.82) is 0 Å². The third kappa shape index (κ3) is 14.3. The molecule has 2 rings (SSSR count). The molecule has 0 spiro atoms. The molecule has 1 aromatic carbocycles. The van der Waals surface area contributed by atoms with Crippen molar-refractivity contribution >= 4 is 15.8 Å². The summed E-state index contributed by atoms with van der Waals surface area (Å²) in [5.74, 6) is 1.60. The summed E-state index contributed by atoms with van der Waals surface area (Å²) in [6.07, 6.45) is 6.63. The molecule has 6 heteroatoms. The van der Waals surface area contributed by atoms with E-state index in [1.165, 1.54) is 38.2 Å². The third-order valence-electron chi connectivity index (χ3n) is 5.49. The summed E-state index contributed by atoms with van der Waals surface area (Å²) >= 11 is 0. The van der Waals surface area contributed by atoms with Gasteiger partial charge in [-0.25, -0.2) is 8.42 Å². The van der Waals surface area contributed by atoms with Crippen molar-refractivity contribution in [2.24, 2.45) is 17.8 Å². The monoisotopic (exact) mass is 455 g/mol. The quantitative estimate of drug-likeness (QED) is 0.498. The summed E-state index contributed by atoms with van der Waals surface area (Å²) < 4.78 is 26.8. The highest BCUT2D eigenvalue weighted by atomic mass is 32.2. The molecule has 1 saturated heterocycles. The number of methoxy groups -OCH3 is 1. The molecule has 0 radical (unpaired) electrons. The Labute approximate surface area is 191 Å². The minimum Gasteiger partial charge on any atom is -0.469 e. The Morgan fingerprint density at radius 1 is 1.13 bits per heavy atom. The van der Waals surface area contributed by atoms with Crippen LogP contribution in [0.15, 0.2) is 30.3 Å². The minimum atomic E-state index is -2.80. The summed E-state index contributed by atoms with van der Waals surface area (Å²) in [7, 11) is -1.37. The van der Waals surface area contributed by atoms with Gasteiger partial charge in [0.15, 0.2) is 0 Å². The van der Waals surface area contributed by atoms with Gasteiger partial charge in [-0.2, -0.15) is 0 Å². The predicted octanol–water partition coefficient (Wildman–Crippen LogP) is 4.85. The Hall–Kier alpha value is -1.40. The molecule has 0 saturated carbocycles. The molecule has 5 nitrogen and oxygen atoms in total. The van der Waals surface area contributed by atoms with E-state index in [1.807, 2.05) is 6.92 Å². The van der Waals surface area contributed by atoms with Gasteiger partial charge in [-0.3, -0.25) is 4.79 Å². The van der Waals surface area contributed by atoms with Gasteiger partial charge in [-0.15, -0.1) is 0 Å². The lowest BCUT2D eigenvalue weighted by Crippen LogP contribution is -2.35. The summed E-state index contributed by atoms with van der Waals surface area (Å²) in [6.45, 7) is 9.23. The number of ether oxygens (including phenoxy) is 1. The number of benzene rings is 1. The van der Waals surface area contributed by atoms with Crippen LogP contribution in [0.3, 0.4) is 0 Å². The Morgan fingerprint density at radius 3 is 2.19 bits per heavy atom. The van der Waals surface area contributed by atoms with E-state index in [9.17, 15) is 13.2 Å². The number of hydrogen-bond donors (Lipinski definition) is 0. The van der Waals surface area contributed by atoms with Gasteiger partial charge in [0.25, 0.3) is 0 Å². The molecule has 1 fully saturated rings. The highest BCUT2D eigenvalue weighted by molar-refractivity contribution is 7.90. The maximum absolute atomic E-state index is 11.1. The van der Waals surface area contributed by atoms with Gasteiger partial charge >= 0.3 is 5.97 Å². The lowest BCUT2D eigenvalue weighted by Gasteiger charge is -2.32. The van der Waals surface area contributed by atoms with Gasteiger partial charge in [-0.05, 0) is 69.1 Å². The molecule has 1 aliphatic heterocycles. The second-order valence-corrected chi connectivity index (χ2v) is 11.3. The molecule has 1 aromatic rings. The fraction of sp³-hybridized carbons (Fsp3) is 0.720. The maximum atomic E-state index is 11.1. The van der Waals surface area contributed by atoms with Crippen molar-refractivity contribution in [2.45, 2.75) is 60.3 Å². The number of likely N-dealkylation sites (tertiary alicyclic amines) is 1. The number of piperidine rings is 1. The van der Waals surface area contributed by atoms with Gasteiger partial charge in [0.1, 0.15) is 9.84 Å². The van der Waals surface area contributed by atoms with E-state index in [2.05, 4.69) is 53.8 Å². The number of carbonyl (C=O) groups excluding carboxylic acids is 1. The molecule has 0 aromatic heterocycles. The Kier molecular flexibility index (Phi) is 14.7. The smallest absolute Gasteiger partial charge is 0.308 e. The van der Waals surface area contributed by atoms with Crippen LogP contribution in [-0.4, -0.2) is 58.0 Å². The maximum Gasteiger partial charge on any atom is 0.308 e. The number of nitrogens with zero attached hydrogens (tertiary/aromatic N) is 1. The number of rotatable bonds is 9. The van der Waals surface area contributed by atoms with Gasteiger partial charge in [0.2, 0.25) is 0 Å². The van der Waals surface area contributed by atoms with Crippen LogP contribution in [-0.2, 0) is 25.8 Å². The van der Waals surface area contributed by atoms with Crippen LogP contribution in [0.5, 0.6) is 0 Å². The van der Waals surface area contributed by atoms with E-state index in [-0.39, 0.29) is 19.3 Å². The molecule has 1 aliphatic rings. The molecule has 0 bridgehead atoms. The van der Waals surface area contributed by atoms with E-state index in [4.69, 9.17) is 0 Å². The average Bonchev–Trinajstić information content (AvgIpc) is 2.68. The van der Waals surface area contributed by atoms with E-state index >= 15 is 0 Å². The van der Waals surface area contributed by atoms with E-state index in [0.717, 1.165) is 38.4 Å². The molecule has 0 N–H and O–H groups in total.